The Morgan fingerprint density at radius 3 is 1.97 bits per heavy atom. The standard InChI is InChI=1S/C14H16O.C8H16O2.C6H13NO2S/c1-11(2)15-10-12-7-8-13-5-3-4-6-14(13)9-12;1-6(2)7(9)10-8(3,4)5;1-5(2)7-10(8,9)6-3-4-6/h3-9,11H,10H2,1-2H3;6H,1-5H3;5-7H,3-4H2,1-2H3. The van der Waals surface area contributed by atoms with E-state index in [1.807, 2.05) is 48.5 Å². The molecule has 6 nitrogen and oxygen atoms in total. The second-order valence-electron chi connectivity index (χ2n) is 10.7. The van der Waals surface area contributed by atoms with E-state index in [2.05, 4.69) is 61.0 Å². The van der Waals surface area contributed by atoms with Crippen LogP contribution in [-0.2, 0) is 30.9 Å². The number of nitrogens with one attached hydrogen (secondary N) is 1. The summed E-state index contributed by atoms with van der Waals surface area (Å²) >= 11 is 0. The quantitative estimate of drug-likeness (QED) is 0.450. The van der Waals surface area contributed by atoms with Gasteiger partial charge in [0.1, 0.15) is 5.60 Å². The van der Waals surface area contributed by atoms with Gasteiger partial charge in [0.05, 0.1) is 23.9 Å². The highest BCUT2D eigenvalue weighted by Gasteiger charge is 2.35. The van der Waals surface area contributed by atoms with E-state index in [1.54, 1.807) is 0 Å². The second-order valence-corrected chi connectivity index (χ2v) is 12.7. The van der Waals surface area contributed by atoms with Gasteiger partial charge >= 0.3 is 5.97 Å². The molecule has 0 aliphatic heterocycles. The first-order valence-electron chi connectivity index (χ1n) is 12.4. The average molecular weight is 508 g/mol. The summed E-state index contributed by atoms with van der Waals surface area (Å²) in [5.41, 5.74) is 0.892. The molecule has 0 amide bonds. The number of hydrogen-bond donors (Lipinski definition) is 1. The maximum Gasteiger partial charge on any atom is 0.308 e. The summed E-state index contributed by atoms with van der Waals surface area (Å²) in [6.07, 6.45) is 1.96. The Kier molecular flexibility index (Phi) is 12.4. The van der Waals surface area contributed by atoms with Crippen LogP contribution in [0.15, 0.2) is 42.5 Å². The molecule has 7 heteroatoms. The molecule has 0 atom stereocenters. The smallest absolute Gasteiger partial charge is 0.308 e. The number of carbonyl (C=O) groups excluding carboxylic acids is 1. The first-order valence-corrected chi connectivity index (χ1v) is 14.0. The van der Waals surface area contributed by atoms with Gasteiger partial charge in [-0.05, 0) is 83.7 Å². The molecule has 1 aliphatic carbocycles. The third-order valence-corrected chi connectivity index (χ3v) is 6.79. The van der Waals surface area contributed by atoms with Crippen molar-refractivity contribution in [2.45, 2.75) is 105 Å². The van der Waals surface area contributed by atoms with Crippen molar-refractivity contribution in [3.63, 3.8) is 0 Å². The summed E-state index contributed by atoms with van der Waals surface area (Å²) in [6.45, 7) is 17.7. The summed E-state index contributed by atoms with van der Waals surface area (Å²) in [6, 6.07) is 14.9. The monoisotopic (exact) mass is 507 g/mol. The minimum Gasteiger partial charge on any atom is -0.460 e. The van der Waals surface area contributed by atoms with Crippen molar-refractivity contribution >= 4 is 26.8 Å². The van der Waals surface area contributed by atoms with Gasteiger partial charge in [-0.1, -0.05) is 50.2 Å². The van der Waals surface area contributed by atoms with Crippen LogP contribution in [0.2, 0.25) is 0 Å². The Morgan fingerprint density at radius 2 is 1.54 bits per heavy atom. The molecule has 1 fully saturated rings. The summed E-state index contributed by atoms with van der Waals surface area (Å²) in [7, 11) is -2.94. The zero-order chi connectivity index (χ0) is 26.8. The first kappa shape index (κ1) is 31.1. The van der Waals surface area contributed by atoms with Crippen molar-refractivity contribution in [1.29, 1.82) is 0 Å². The van der Waals surface area contributed by atoms with Crippen LogP contribution >= 0.6 is 0 Å². The van der Waals surface area contributed by atoms with Crippen molar-refractivity contribution in [2.24, 2.45) is 5.92 Å². The van der Waals surface area contributed by atoms with Crippen molar-refractivity contribution in [3.8, 4) is 0 Å². The number of sulfonamides is 1. The number of ether oxygens (including phenoxy) is 2. The highest BCUT2D eigenvalue weighted by molar-refractivity contribution is 7.90. The van der Waals surface area contributed by atoms with E-state index in [0.717, 1.165) is 12.8 Å². The summed E-state index contributed by atoms with van der Waals surface area (Å²) in [5, 5.41) is 2.48. The molecule has 1 saturated carbocycles. The summed E-state index contributed by atoms with van der Waals surface area (Å²) in [4.78, 5) is 10.9. The summed E-state index contributed by atoms with van der Waals surface area (Å²) in [5.74, 6) is -0.160. The Hall–Kier alpha value is -1.96. The Balaban J connectivity index is 0.000000273. The van der Waals surface area contributed by atoms with Crippen LogP contribution in [0.4, 0.5) is 0 Å². The zero-order valence-corrected chi connectivity index (χ0v) is 23.7. The maximum absolute atomic E-state index is 11.1. The van der Waals surface area contributed by atoms with Gasteiger partial charge in [-0.15, -0.1) is 0 Å². The van der Waals surface area contributed by atoms with Crippen molar-refractivity contribution in [3.05, 3.63) is 48.0 Å². The number of esters is 1. The fourth-order valence-corrected chi connectivity index (χ4v) is 4.42. The second kappa shape index (κ2) is 14.0. The molecular weight excluding hydrogens is 462 g/mol. The van der Waals surface area contributed by atoms with Crippen LogP contribution in [-0.4, -0.2) is 37.4 Å². The topological polar surface area (TPSA) is 81.7 Å². The van der Waals surface area contributed by atoms with Crippen molar-refractivity contribution in [1.82, 2.24) is 4.72 Å². The molecule has 0 unspecified atom stereocenters. The van der Waals surface area contributed by atoms with Gasteiger partial charge < -0.3 is 9.47 Å². The van der Waals surface area contributed by atoms with Gasteiger partial charge in [-0.2, -0.15) is 0 Å². The Morgan fingerprint density at radius 1 is 0.971 bits per heavy atom. The van der Waals surface area contributed by atoms with Gasteiger partial charge in [0.15, 0.2) is 0 Å². The van der Waals surface area contributed by atoms with Crippen LogP contribution in [0.5, 0.6) is 0 Å². The van der Waals surface area contributed by atoms with Gasteiger partial charge in [0.25, 0.3) is 0 Å². The Labute approximate surface area is 212 Å². The minimum absolute atomic E-state index is 0.0285. The van der Waals surface area contributed by atoms with E-state index >= 15 is 0 Å². The van der Waals surface area contributed by atoms with E-state index in [9.17, 15) is 13.2 Å². The lowest BCUT2D eigenvalue weighted by molar-refractivity contribution is -0.158. The lowest BCUT2D eigenvalue weighted by atomic mass is 10.1. The van der Waals surface area contributed by atoms with Crippen LogP contribution in [0.25, 0.3) is 10.8 Å². The van der Waals surface area contributed by atoms with E-state index in [-0.39, 0.29) is 34.9 Å². The number of fused-ring (bicyclic) bond motifs is 1. The molecule has 198 valence electrons. The average Bonchev–Trinajstić information content (AvgIpc) is 3.57. The molecule has 0 heterocycles. The molecule has 0 bridgehead atoms. The van der Waals surface area contributed by atoms with Crippen molar-refractivity contribution < 1.29 is 22.7 Å². The number of hydrogen-bond acceptors (Lipinski definition) is 5. The van der Waals surface area contributed by atoms with Gasteiger partial charge in [-0.25, -0.2) is 13.1 Å². The minimum atomic E-state index is -2.94. The molecule has 2 aromatic rings. The lowest BCUT2D eigenvalue weighted by Gasteiger charge is -2.20. The first-order chi connectivity index (χ1) is 16.1. The normalized spacial score (nSPS) is 13.8. The fraction of sp³-hybridized carbons (Fsp3) is 0.607. The van der Waals surface area contributed by atoms with Crippen molar-refractivity contribution in [2.75, 3.05) is 0 Å². The highest BCUT2D eigenvalue weighted by atomic mass is 32.2. The zero-order valence-electron chi connectivity index (χ0n) is 22.9. The van der Waals surface area contributed by atoms with Gasteiger partial charge in [0, 0.05) is 6.04 Å². The predicted molar refractivity (Wildman–Crippen MR) is 145 cm³/mol. The van der Waals surface area contributed by atoms with Crippen LogP contribution in [0.1, 0.15) is 80.7 Å². The number of rotatable bonds is 7. The lowest BCUT2D eigenvalue weighted by Crippen LogP contribution is -2.32. The highest BCUT2D eigenvalue weighted by Crippen LogP contribution is 2.27. The van der Waals surface area contributed by atoms with Crippen LogP contribution in [0.3, 0.4) is 0 Å². The molecule has 1 N–H and O–H groups in total. The molecule has 0 aromatic heterocycles. The van der Waals surface area contributed by atoms with E-state index in [4.69, 9.17) is 9.47 Å². The number of benzene rings is 2. The molecule has 3 rings (SSSR count). The van der Waals surface area contributed by atoms with Crippen LogP contribution in [0, 0.1) is 5.92 Å². The van der Waals surface area contributed by atoms with E-state index in [1.165, 1.54) is 16.3 Å². The summed E-state index contributed by atoms with van der Waals surface area (Å²) < 4.78 is 35.4. The molecule has 0 spiro atoms. The molecule has 0 saturated heterocycles. The molecule has 1 aliphatic rings. The molecule has 0 radical (unpaired) electrons. The van der Waals surface area contributed by atoms with Gasteiger partial charge in [0.2, 0.25) is 10.0 Å². The third-order valence-electron chi connectivity index (χ3n) is 4.64. The van der Waals surface area contributed by atoms with E-state index < -0.39 is 10.0 Å². The van der Waals surface area contributed by atoms with E-state index in [0.29, 0.717) is 6.61 Å². The molecular formula is C28H45NO5S. The van der Waals surface area contributed by atoms with Gasteiger partial charge in [-0.3, -0.25) is 4.79 Å². The third kappa shape index (κ3) is 13.6. The fourth-order valence-electron chi connectivity index (χ4n) is 2.81. The number of carbonyl (C=O) groups is 1. The maximum atomic E-state index is 11.1. The SMILES string of the molecule is CC(C)C(=O)OC(C)(C)C.CC(C)NS(=O)(=O)C1CC1.CC(C)OCc1ccc2ccccc2c1. The predicted octanol–water partition coefficient (Wildman–Crippen LogP) is 6.23. The molecule has 2 aromatic carbocycles. The van der Waals surface area contributed by atoms with Crippen LogP contribution < -0.4 is 4.72 Å². The molecule has 35 heavy (non-hydrogen) atoms. The Bertz CT molecular complexity index is 1020. The largest absolute Gasteiger partial charge is 0.460 e.